The molecule has 1 aliphatic carbocycles. The van der Waals surface area contributed by atoms with Crippen LogP contribution >= 0.6 is 0 Å². The van der Waals surface area contributed by atoms with Gasteiger partial charge in [-0.25, -0.2) is 14.2 Å². The number of rotatable bonds is 6. The average Bonchev–Trinajstić information content (AvgIpc) is 3.48. The van der Waals surface area contributed by atoms with Crippen molar-refractivity contribution in [1.29, 1.82) is 0 Å². The molecule has 1 saturated carbocycles. The Kier molecular flexibility index (Phi) is 5.77. The van der Waals surface area contributed by atoms with Gasteiger partial charge in [0.2, 0.25) is 0 Å². The van der Waals surface area contributed by atoms with Gasteiger partial charge < -0.3 is 14.4 Å². The first-order valence-electron chi connectivity index (χ1n) is 10.1. The quantitative estimate of drug-likeness (QED) is 0.472. The molecule has 31 heavy (non-hydrogen) atoms. The highest BCUT2D eigenvalue weighted by molar-refractivity contribution is 5.90. The SMILES string of the molecule is COC(=O)c1cc(C2CC2)c(OC[C@H]2CCCN2c2ccc(C(F)(F)F)cn2)cc1F. The molecule has 1 atom stereocenters. The Balaban J connectivity index is 1.49. The standard InChI is InChI=1S/C22H22F4N2O3/c1-30-21(29)17-9-16(13-4-5-13)19(10-18(17)23)31-12-15-3-2-8-28(15)20-7-6-14(11-27-20)22(24,25)26/h6-7,9-11,13,15H,2-5,8,12H2,1H3/t15-/m1/s1. The fraction of sp³-hybridized carbons (Fsp3) is 0.455. The largest absolute Gasteiger partial charge is 0.491 e. The second-order valence-corrected chi connectivity index (χ2v) is 7.84. The van der Waals surface area contributed by atoms with Crippen molar-refractivity contribution in [3.63, 3.8) is 0 Å². The van der Waals surface area contributed by atoms with Crippen LogP contribution in [0.1, 0.15) is 53.1 Å². The fourth-order valence-corrected chi connectivity index (χ4v) is 3.90. The Bertz CT molecular complexity index is 958. The summed E-state index contributed by atoms with van der Waals surface area (Å²) in [5, 5.41) is 0. The number of carbonyl (C=O) groups is 1. The molecule has 5 nitrogen and oxygen atoms in total. The van der Waals surface area contributed by atoms with Crippen LogP contribution in [0.4, 0.5) is 23.4 Å². The number of ether oxygens (including phenoxy) is 2. The summed E-state index contributed by atoms with van der Waals surface area (Å²) in [7, 11) is 1.20. The van der Waals surface area contributed by atoms with Crippen LogP contribution in [0.25, 0.3) is 0 Å². The molecule has 2 fully saturated rings. The van der Waals surface area contributed by atoms with Gasteiger partial charge in [-0.15, -0.1) is 0 Å². The maximum atomic E-state index is 14.4. The van der Waals surface area contributed by atoms with Crippen LogP contribution in [0.3, 0.4) is 0 Å². The van der Waals surface area contributed by atoms with E-state index < -0.39 is 23.5 Å². The number of pyridine rings is 1. The molecule has 0 bridgehead atoms. The van der Waals surface area contributed by atoms with Gasteiger partial charge in [-0.3, -0.25) is 0 Å². The molecule has 0 unspecified atom stereocenters. The van der Waals surface area contributed by atoms with Crippen molar-refractivity contribution in [2.24, 2.45) is 0 Å². The second kappa shape index (κ2) is 8.36. The Morgan fingerprint density at radius 1 is 1.23 bits per heavy atom. The maximum Gasteiger partial charge on any atom is 0.417 e. The number of carbonyl (C=O) groups excluding carboxylic acids is 1. The summed E-state index contributed by atoms with van der Waals surface area (Å²) in [6.45, 7) is 0.886. The minimum absolute atomic E-state index is 0.0976. The zero-order valence-corrected chi connectivity index (χ0v) is 16.9. The first-order chi connectivity index (χ1) is 14.8. The molecule has 0 spiro atoms. The van der Waals surface area contributed by atoms with E-state index in [-0.39, 0.29) is 24.1 Å². The molecule has 166 valence electrons. The van der Waals surface area contributed by atoms with Crippen LogP contribution in [0.2, 0.25) is 0 Å². The van der Waals surface area contributed by atoms with E-state index in [4.69, 9.17) is 4.74 Å². The minimum atomic E-state index is -4.43. The number of nitrogens with zero attached hydrogens (tertiary/aromatic N) is 2. The first-order valence-corrected chi connectivity index (χ1v) is 10.1. The van der Waals surface area contributed by atoms with Crippen molar-refractivity contribution < 1.29 is 31.8 Å². The Hall–Kier alpha value is -2.84. The van der Waals surface area contributed by atoms with E-state index in [1.54, 1.807) is 0 Å². The molecule has 2 aliphatic rings. The van der Waals surface area contributed by atoms with Gasteiger partial charge in [0.25, 0.3) is 0 Å². The number of alkyl halides is 3. The molecule has 4 rings (SSSR count). The highest BCUT2D eigenvalue weighted by Gasteiger charge is 2.33. The van der Waals surface area contributed by atoms with Crippen molar-refractivity contribution in [3.8, 4) is 5.75 Å². The minimum Gasteiger partial charge on any atom is -0.491 e. The van der Waals surface area contributed by atoms with Crippen molar-refractivity contribution in [2.45, 2.75) is 43.8 Å². The lowest BCUT2D eigenvalue weighted by Gasteiger charge is -2.26. The van der Waals surface area contributed by atoms with E-state index in [1.807, 2.05) is 4.90 Å². The Labute approximate surface area is 177 Å². The summed E-state index contributed by atoms with van der Waals surface area (Å²) in [4.78, 5) is 17.7. The van der Waals surface area contributed by atoms with Gasteiger partial charge in [-0.05, 0) is 55.4 Å². The zero-order valence-electron chi connectivity index (χ0n) is 16.9. The van der Waals surface area contributed by atoms with Gasteiger partial charge in [-0.2, -0.15) is 13.2 Å². The van der Waals surface area contributed by atoms with E-state index in [9.17, 15) is 22.4 Å². The summed E-state index contributed by atoms with van der Waals surface area (Å²) in [6.07, 6.45) is -0.0936. The molecule has 9 heteroatoms. The monoisotopic (exact) mass is 438 g/mol. The van der Waals surface area contributed by atoms with Crippen molar-refractivity contribution in [1.82, 2.24) is 4.98 Å². The number of anilines is 1. The smallest absolute Gasteiger partial charge is 0.417 e. The van der Waals surface area contributed by atoms with E-state index in [2.05, 4.69) is 9.72 Å². The second-order valence-electron chi connectivity index (χ2n) is 7.84. The number of hydrogen-bond acceptors (Lipinski definition) is 5. The van der Waals surface area contributed by atoms with Gasteiger partial charge in [-0.1, -0.05) is 0 Å². The third kappa shape index (κ3) is 4.60. The summed E-state index contributed by atoms with van der Waals surface area (Å²) in [5.74, 6) is -0.385. The lowest BCUT2D eigenvalue weighted by molar-refractivity contribution is -0.137. The van der Waals surface area contributed by atoms with Crippen molar-refractivity contribution in [3.05, 3.63) is 53.0 Å². The normalized spacial score (nSPS) is 18.9. The third-order valence-electron chi connectivity index (χ3n) is 5.70. The number of aromatic nitrogens is 1. The van der Waals surface area contributed by atoms with E-state index in [1.165, 1.54) is 25.3 Å². The van der Waals surface area contributed by atoms with Gasteiger partial charge >= 0.3 is 12.1 Å². The highest BCUT2D eigenvalue weighted by Crippen LogP contribution is 2.45. The number of hydrogen-bond donors (Lipinski definition) is 0. The predicted octanol–water partition coefficient (Wildman–Crippen LogP) is 4.95. The van der Waals surface area contributed by atoms with Crippen LogP contribution in [0.15, 0.2) is 30.5 Å². The first kappa shape index (κ1) is 21.4. The van der Waals surface area contributed by atoms with E-state index in [0.717, 1.165) is 43.5 Å². The molecule has 0 amide bonds. The van der Waals surface area contributed by atoms with E-state index in [0.29, 0.717) is 18.1 Å². The molecule has 2 aromatic rings. The third-order valence-corrected chi connectivity index (χ3v) is 5.70. The molecule has 2 heterocycles. The topological polar surface area (TPSA) is 51.7 Å². The van der Waals surface area contributed by atoms with Crippen LogP contribution < -0.4 is 9.64 Å². The van der Waals surface area contributed by atoms with Crippen LogP contribution in [0.5, 0.6) is 5.75 Å². The molecule has 0 radical (unpaired) electrons. The van der Waals surface area contributed by atoms with Gasteiger partial charge in [0, 0.05) is 18.8 Å². The predicted molar refractivity (Wildman–Crippen MR) is 105 cm³/mol. The summed E-state index contributed by atoms with van der Waals surface area (Å²) in [6, 6.07) is 5.00. The Morgan fingerprint density at radius 2 is 2.00 bits per heavy atom. The summed E-state index contributed by atoms with van der Waals surface area (Å²) < 4.78 is 63.4. The van der Waals surface area contributed by atoms with Crippen LogP contribution in [-0.2, 0) is 10.9 Å². The molecule has 1 aromatic heterocycles. The fourth-order valence-electron chi connectivity index (χ4n) is 3.90. The number of benzene rings is 1. The highest BCUT2D eigenvalue weighted by atomic mass is 19.4. The van der Waals surface area contributed by atoms with Crippen LogP contribution in [-0.4, -0.2) is 37.3 Å². The van der Waals surface area contributed by atoms with Crippen molar-refractivity contribution >= 4 is 11.8 Å². The van der Waals surface area contributed by atoms with Crippen molar-refractivity contribution in [2.75, 3.05) is 25.2 Å². The van der Waals surface area contributed by atoms with Gasteiger partial charge in [0.1, 0.15) is 24.0 Å². The van der Waals surface area contributed by atoms with Crippen LogP contribution in [0, 0.1) is 5.82 Å². The number of esters is 1. The summed E-state index contributed by atoms with van der Waals surface area (Å²) in [5.41, 5.74) is -0.134. The number of halogens is 4. The van der Waals surface area contributed by atoms with E-state index >= 15 is 0 Å². The molecular weight excluding hydrogens is 416 g/mol. The summed E-state index contributed by atoms with van der Waals surface area (Å²) >= 11 is 0. The Morgan fingerprint density at radius 3 is 2.61 bits per heavy atom. The van der Waals surface area contributed by atoms with Gasteiger partial charge in [0.05, 0.1) is 24.3 Å². The molecule has 1 aliphatic heterocycles. The number of methoxy groups -OCH3 is 1. The van der Waals surface area contributed by atoms with Gasteiger partial charge in [0.15, 0.2) is 0 Å². The molecular formula is C22H22F4N2O3. The molecule has 0 N–H and O–H groups in total. The lowest BCUT2D eigenvalue weighted by Crippen LogP contribution is -2.35. The molecule has 1 aromatic carbocycles. The maximum absolute atomic E-state index is 14.4. The average molecular weight is 438 g/mol. The zero-order chi connectivity index (χ0) is 22.2. The molecule has 1 saturated heterocycles. The lowest BCUT2D eigenvalue weighted by atomic mass is 10.0.